The second kappa shape index (κ2) is 7.90. The minimum absolute atomic E-state index is 0.205. The molecule has 2 rings (SSSR count). The summed E-state index contributed by atoms with van der Waals surface area (Å²) in [5.74, 6) is -0.515. The van der Waals surface area contributed by atoms with Crippen molar-refractivity contribution >= 4 is 17.5 Å². The maximum Gasteiger partial charge on any atom is 0.255 e. The van der Waals surface area contributed by atoms with Crippen LogP contribution in [0.3, 0.4) is 0 Å². The number of anilines is 1. The third kappa shape index (κ3) is 4.18. The maximum atomic E-state index is 12.3. The summed E-state index contributed by atoms with van der Waals surface area (Å²) in [4.78, 5) is 24.2. The highest BCUT2D eigenvalue weighted by atomic mass is 16.2. The largest absolute Gasteiger partial charge is 0.351 e. The Morgan fingerprint density at radius 2 is 1.88 bits per heavy atom. The van der Waals surface area contributed by atoms with Gasteiger partial charge in [0.15, 0.2) is 0 Å². The van der Waals surface area contributed by atoms with E-state index in [4.69, 9.17) is 11.0 Å². The standard InChI is InChI=1S/C18H18N4O2/c1-12-9-15(17(23)21-8-7-19)5-6-16(12)22-18(24)14-4-2-3-13(10-14)11-20/h2-6,9-10H,7-8,19H2,1H3,(H,21,23)(H,22,24). The number of nitrogens with zero attached hydrogens (tertiary/aromatic N) is 1. The molecule has 0 aromatic heterocycles. The first-order chi connectivity index (χ1) is 11.5. The highest BCUT2D eigenvalue weighted by molar-refractivity contribution is 6.05. The van der Waals surface area contributed by atoms with Crippen molar-refractivity contribution in [3.8, 4) is 6.07 Å². The number of nitrogens with one attached hydrogen (secondary N) is 2. The quantitative estimate of drug-likeness (QED) is 0.780. The van der Waals surface area contributed by atoms with Gasteiger partial charge in [-0.1, -0.05) is 6.07 Å². The van der Waals surface area contributed by atoms with Crippen molar-refractivity contribution in [2.24, 2.45) is 5.73 Å². The summed E-state index contributed by atoms with van der Waals surface area (Å²) < 4.78 is 0. The molecule has 0 fully saturated rings. The predicted octanol–water partition coefficient (Wildman–Crippen LogP) is 1.81. The lowest BCUT2D eigenvalue weighted by molar-refractivity contribution is 0.0954. The van der Waals surface area contributed by atoms with Crippen LogP contribution in [-0.2, 0) is 0 Å². The molecular weight excluding hydrogens is 304 g/mol. The van der Waals surface area contributed by atoms with Crippen LogP contribution in [-0.4, -0.2) is 24.9 Å². The summed E-state index contributed by atoms with van der Waals surface area (Å²) in [6.45, 7) is 2.59. The molecule has 2 amide bonds. The van der Waals surface area contributed by atoms with Crippen molar-refractivity contribution in [1.29, 1.82) is 5.26 Å². The number of amides is 2. The molecule has 0 saturated heterocycles. The van der Waals surface area contributed by atoms with Gasteiger partial charge in [0.2, 0.25) is 0 Å². The van der Waals surface area contributed by atoms with Crippen molar-refractivity contribution in [3.63, 3.8) is 0 Å². The molecule has 6 nitrogen and oxygen atoms in total. The van der Waals surface area contributed by atoms with Crippen molar-refractivity contribution < 1.29 is 9.59 Å². The molecule has 0 heterocycles. The second-order valence-electron chi connectivity index (χ2n) is 5.22. The van der Waals surface area contributed by atoms with Crippen LogP contribution in [0.1, 0.15) is 31.8 Å². The zero-order valence-electron chi connectivity index (χ0n) is 13.3. The Morgan fingerprint density at radius 1 is 1.12 bits per heavy atom. The van der Waals surface area contributed by atoms with Crippen LogP contribution in [0.15, 0.2) is 42.5 Å². The molecule has 2 aromatic carbocycles. The molecular formula is C18H18N4O2. The van der Waals surface area contributed by atoms with Gasteiger partial charge in [0, 0.05) is 29.9 Å². The minimum atomic E-state index is -0.310. The first-order valence-corrected chi connectivity index (χ1v) is 7.45. The van der Waals surface area contributed by atoms with Crippen LogP contribution >= 0.6 is 0 Å². The summed E-state index contributed by atoms with van der Waals surface area (Å²) >= 11 is 0. The number of hydrogen-bond donors (Lipinski definition) is 3. The van der Waals surface area contributed by atoms with E-state index >= 15 is 0 Å². The predicted molar refractivity (Wildman–Crippen MR) is 91.7 cm³/mol. The normalized spacial score (nSPS) is 9.88. The van der Waals surface area contributed by atoms with Gasteiger partial charge in [-0.3, -0.25) is 9.59 Å². The lowest BCUT2D eigenvalue weighted by Gasteiger charge is -2.11. The van der Waals surface area contributed by atoms with E-state index in [1.807, 2.05) is 6.07 Å². The second-order valence-corrected chi connectivity index (χ2v) is 5.22. The highest BCUT2D eigenvalue weighted by Crippen LogP contribution is 2.18. The van der Waals surface area contributed by atoms with E-state index in [0.717, 1.165) is 5.56 Å². The van der Waals surface area contributed by atoms with Gasteiger partial charge in [0.1, 0.15) is 0 Å². The third-order valence-electron chi connectivity index (χ3n) is 3.42. The summed E-state index contributed by atoms with van der Waals surface area (Å²) in [5.41, 5.74) is 8.06. The summed E-state index contributed by atoms with van der Waals surface area (Å²) in [7, 11) is 0. The van der Waals surface area contributed by atoms with E-state index in [1.165, 1.54) is 6.07 Å². The van der Waals surface area contributed by atoms with E-state index in [1.54, 1.807) is 43.3 Å². The van der Waals surface area contributed by atoms with Crippen LogP contribution in [0.25, 0.3) is 0 Å². The molecule has 6 heteroatoms. The minimum Gasteiger partial charge on any atom is -0.351 e. The molecule has 0 radical (unpaired) electrons. The molecule has 24 heavy (non-hydrogen) atoms. The Kier molecular flexibility index (Phi) is 5.66. The van der Waals surface area contributed by atoms with Crippen LogP contribution in [0.5, 0.6) is 0 Å². The van der Waals surface area contributed by atoms with E-state index in [2.05, 4.69) is 10.6 Å². The monoisotopic (exact) mass is 322 g/mol. The maximum absolute atomic E-state index is 12.3. The summed E-state index contributed by atoms with van der Waals surface area (Å²) in [5, 5.41) is 14.4. The Balaban J connectivity index is 2.14. The number of carbonyl (C=O) groups is 2. The molecule has 0 bridgehead atoms. The van der Waals surface area contributed by atoms with E-state index in [0.29, 0.717) is 35.5 Å². The van der Waals surface area contributed by atoms with Gasteiger partial charge in [0.25, 0.3) is 11.8 Å². The Bertz CT molecular complexity index is 809. The fourth-order valence-electron chi connectivity index (χ4n) is 2.16. The molecule has 0 aliphatic rings. The summed E-state index contributed by atoms with van der Waals surface area (Å²) in [6, 6.07) is 13.5. The lowest BCUT2D eigenvalue weighted by Crippen LogP contribution is -2.29. The van der Waals surface area contributed by atoms with Gasteiger partial charge in [-0.05, 0) is 48.9 Å². The van der Waals surface area contributed by atoms with Gasteiger partial charge in [-0.2, -0.15) is 5.26 Å². The summed E-state index contributed by atoms with van der Waals surface area (Å²) in [6.07, 6.45) is 0. The number of rotatable bonds is 5. The van der Waals surface area contributed by atoms with Crippen molar-refractivity contribution in [3.05, 3.63) is 64.7 Å². The SMILES string of the molecule is Cc1cc(C(=O)NCCN)ccc1NC(=O)c1cccc(C#N)c1. The molecule has 0 saturated carbocycles. The molecule has 0 aliphatic carbocycles. The molecule has 122 valence electrons. The fourth-order valence-corrected chi connectivity index (χ4v) is 2.16. The first kappa shape index (κ1) is 17.2. The third-order valence-corrected chi connectivity index (χ3v) is 3.42. The molecule has 4 N–H and O–H groups in total. The Hall–Kier alpha value is -3.17. The highest BCUT2D eigenvalue weighted by Gasteiger charge is 2.11. The number of aryl methyl sites for hydroxylation is 1. The lowest BCUT2D eigenvalue weighted by atomic mass is 10.1. The number of hydrogen-bond acceptors (Lipinski definition) is 4. The van der Waals surface area contributed by atoms with Crippen LogP contribution in [0, 0.1) is 18.3 Å². The van der Waals surface area contributed by atoms with Gasteiger partial charge < -0.3 is 16.4 Å². The van der Waals surface area contributed by atoms with Crippen molar-refractivity contribution in [1.82, 2.24) is 5.32 Å². The smallest absolute Gasteiger partial charge is 0.255 e. The van der Waals surface area contributed by atoms with E-state index < -0.39 is 0 Å². The van der Waals surface area contributed by atoms with E-state index in [9.17, 15) is 9.59 Å². The van der Waals surface area contributed by atoms with Crippen LogP contribution in [0.2, 0.25) is 0 Å². The van der Waals surface area contributed by atoms with Gasteiger partial charge in [-0.25, -0.2) is 0 Å². The molecule has 0 spiro atoms. The van der Waals surface area contributed by atoms with Gasteiger partial charge in [0.05, 0.1) is 11.6 Å². The Morgan fingerprint density at radius 3 is 2.54 bits per heavy atom. The molecule has 0 atom stereocenters. The van der Waals surface area contributed by atoms with Crippen molar-refractivity contribution in [2.45, 2.75) is 6.92 Å². The average molecular weight is 322 g/mol. The number of nitriles is 1. The first-order valence-electron chi connectivity index (χ1n) is 7.45. The topological polar surface area (TPSA) is 108 Å². The van der Waals surface area contributed by atoms with E-state index in [-0.39, 0.29) is 11.8 Å². The van der Waals surface area contributed by atoms with Crippen LogP contribution < -0.4 is 16.4 Å². The van der Waals surface area contributed by atoms with Gasteiger partial charge >= 0.3 is 0 Å². The fraction of sp³-hybridized carbons (Fsp3) is 0.167. The number of benzene rings is 2. The molecule has 0 unspecified atom stereocenters. The van der Waals surface area contributed by atoms with Gasteiger partial charge in [-0.15, -0.1) is 0 Å². The Labute approximate surface area is 140 Å². The molecule has 2 aromatic rings. The number of carbonyl (C=O) groups excluding carboxylic acids is 2. The average Bonchev–Trinajstić information content (AvgIpc) is 2.61. The number of nitrogens with two attached hydrogens (primary N) is 1. The zero-order valence-corrected chi connectivity index (χ0v) is 13.3. The zero-order chi connectivity index (χ0) is 17.5. The van der Waals surface area contributed by atoms with Crippen LogP contribution in [0.4, 0.5) is 5.69 Å². The van der Waals surface area contributed by atoms with Crippen molar-refractivity contribution in [2.75, 3.05) is 18.4 Å². The molecule has 0 aliphatic heterocycles.